The van der Waals surface area contributed by atoms with Gasteiger partial charge in [0.2, 0.25) is 11.2 Å². The van der Waals surface area contributed by atoms with E-state index in [1.54, 1.807) is 10.9 Å². The van der Waals surface area contributed by atoms with Crippen molar-refractivity contribution in [1.29, 1.82) is 0 Å². The van der Waals surface area contributed by atoms with Gasteiger partial charge in [-0.05, 0) is 25.4 Å². The zero-order valence-corrected chi connectivity index (χ0v) is 15.7. The highest BCUT2D eigenvalue weighted by Gasteiger charge is 2.60. The molecule has 2 aromatic heterocycles. The maximum absolute atomic E-state index is 9.81. The third-order valence-corrected chi connectivity index (χ3v) is 5.15. The zero-order valence-electron chi connectivity index (χ0n) is 15.0. The molecule has 4 rings (SSSR count). The van der Waals surface area contributed by atoms with Gasteiger partial charge in [-0.3, -0.25) is 4.57 Å². The van der Waals surface area contributed by atoms with E-state index in [0.29, 0.717) is 17.8 Å². The highest BCUT2D eigenvalue weighted by molar-refractivity contribution is 6.28. The largest absolute Gasteiger partial charge is 0.479 e. The van der Waals surface area contributed by atoms with Gasteiger partial charge in [0, 0.05) is 0 Å². The molecular weight excluding hydrogens is 364 g/mol. The molecule has 2 saturated heterocycles. The number of methoxy groups -OCH3 is 1. The second-order valence-electron chi connectivity index (χ2n) is 7.27. The first kappa shape index (κ1) is 17.9. The number of rotatable bonds is 3. The predicted octanol–water partition coefficient (Wildman–Crippen LogP) is 1.54. The first-order chi connectivity index (χ1) is 12.3. The Hall–Kier alpha value is -1.52. The molecule has 2 aromatic rings. The molecule has 10 heteroatoms. The van der Waals surface area contributed by atoms with Crippen LogP contribution >= 0.6 is 11.6 Å². The Morgan fingerprint density at radius 2 is 2.15 bits per heavy atom. The molecule has 0 aliphatic carbocycles. The molecule has 0 radical (unpaired) electrons. The minimum atomic E-state index is -0.748. The van der Waals surface area contributed by atoms with Crippen LogP contribution < -0.4 is 4.74 Å². The monoisotopic (exact) mass is 384 g/mol. The molecule has 2 aliphatic rings. The van der Waals surface area contributed by atoms with E-state index in [4.69, 9.17) is 30.5 Å². The molecule has 1 N–H and O–H groups in total. The second kappa shape index (κ2) is 6.00. The summed E-state index contributed by atoms with van der Waals surface area (Å²) in [6.45, 7) is 5.91. The quantitative estimate of drug-likeness (QED) is 0.795. The molecule has 0 amide bonds. The van der Waals surface area contributed by atoms with Crippen LogP contribution in [0.1, 0.15) is 27.0 Å². The predicted molar refractivity (Wildman–Crippen MR) is 90.9 cm³/mol. The minimum absolute atomic E-state index is 0.0479. The fraction of sp³-hybridized carbons (Fsp3) is 0.688. The average Bonchev–Trinajstić information content (AvgIpc) is 3.12. The van der Waals surface area contributed by atoms with Gasteiger partial charge >= 0.3 is 0 Å². The van der Waals surface area contributed by atoms with Crippen LogP contribution in [0.2, 0.25) is 5.28 Å². The van der Waals surface area contributed by atoms with Crippen molar-refractivity contribution in [1.82, 2.24) is 19.5 Å². The van der Waals surface area contributed by atoms with Gasteiger partial charge in [0.15, 0.2) is 17.0 Å². The van der Waals surface area contributed by atoms with E-state index in [-0.39, 0.29) is 23.9 Å². The molecule has 26 heavy (non-hydrogen) atoms. The summed E-state index contributed by atoms with van der Waals surface area (Å²) in [6.07, 6.45) is 0.245. The van der Waals surface area contributed by atoms with Gasteiger partial charge in [-0.15, -0.1) is 0 Å². The van der Waals surface area contributed by atoms with E-state index in [9.17, 15) is 5.11 Å². The summed E-state index contributed by atoms with van der Waals surface area (Å²) in [6, 6.07) is 0. The van der Waals surface area contributed by atoms with Crippen LogP contribution in [0.15, 0.2) is 6.33 Å². The minimum Gasteiger partial charge on any atom is -0.479 e. The Kier molecular flexibility index (Phi) is 4.12. The van der Waals surface area contributed by atoms with Crippen molar-refractivity contribution in [3.63, 3.8) is 0 Å². The van der Waals surface area contributed by atoms with E-state index in [1.165, 1.54) is 7.11 Å². The Morgan fingerprint density at radius 1 is 1.38 bits per heavy atom. The fourth-order valence-electron chi connectivity index (χ4n) is 3.69. The molecule has 2 fully saturated rings. The van der Waals surface area contributed by atoms with E-state index in [1.807, 2.05) is 20.8 Å². The molecule has 0 aromatic carbocycles. The van der Waals surface area contributed by atoms with Crippen molar-refractivity contribution in [3.8, 4) is 5.88 Å². The summed E-state index contributed by atoms with van der Waals surface area (Å²) in [4.78, 5) is 12.7. The third-order valence-electron chi connectivity index (χ3n) is 4.99. The summed E-state index contributed by atoms with van der Waals surface area (Å²) < 4.78 is 25.1. The van der Waals surface area contributed by atoms with Gasteiger partial charge in [-0.25, -0.2) is 4.98 Å². The fourth-order valence-corrected chi connectivity index (χ4v) is 3.85. The van der Waals surface area contributed by atoms with Crippen molar-refractivity contribution in [2.75, 3.05) is 20.3 Å². The summed E-state index contributed by atoms with van der Waals surface area (Å²) in [7, 11) is 1.49. The molecule has 2 aliphatic heterocycles. The molecular formula is C16H21ClN4O5. The maximum atomic E-state index is 9.81. The number of fused-ring (bicyclic) bond motifs is 2. The van der Waals surface area contributed by atoms with Crippen molar-refractivity contribution in [3.05, 3.63) is 11.6 Å². The van der Waals surface area contributed by atoms with Crippen LogP contribution in [0, 0.1) is 5.41 Å². The molecule has 4 heterocycles. The highest BCUT2D eigenvalue weighted by atomic mass is 35.5. The number of aliphatic hydroxyl groups is 1. The number of ether oxygens (including phenoxy) is 4. The topological polar surface area (TPSA) is 101 Å². The van der Waals surface area contributed by atoms with Gasteiger partial charge in [0.05, 0.1) is 32.1 Å². The van der Waals surface area contributed by atoms with Crippen LogP contribution in [0.25, 0.3) is 11.2 Å². The number of aromatic nitrogens is 4. The van der Waals surface area contributed by atoms with Crippen LogP contribution in [0.3, 0.4) is 0 Å². The van der Waals surface area contributed by atoms with Crippen LogP contribution in [0.5, 0.6) is 5.88 Å². The standard InChI is InChI=1S/C16H21ClN4O5/c1-15(2)24-6-16(3)10(26-15)8(5-22)25-13(16)21-7-18-9-11(21)19-14(17)20-12(9)23-4/h7-8,10,13,22H,5-6H2,1-4H3/t8-,10?,13-,16+/m1/s1. The van der Waals surface area contributed by atoms with Gasteiger partial charge in [0.25, 0.3) is 0 Å². The molecule has 4 atom stereocenters. The molecule has 9 nitrogen and oxygen atoms in total. The lowest BCUT2D eigenvalue weighted by atomic mass is 9.81. The normalized spacial score (nSPS) is 33.4. The van der Waals surface area contributed by atoms with Gasteiger partial charge in [-0.1, -0.05) is 6.92 Å². The molecule has 0 bridgehead atoms. The first-order valence-corrected chi connectivity index (χ1v) is 8.69. The summed E-state index contributed by atoms with van der Waals surface area (Å²) in [5, 5.41) is 9.85. The number of imidazole rings is 1. The molecule has 142 valence electrons. The second-order valence-corrected chi connectivity index (χ2v) is 7.61. The third kappa shape index (κ3) is 2.57. The summed E-state index contributed by atoms with van der Waals surface area (Å²) in [5.74, 6) is -0.462. The summed E-state index contributed by atoms with van der Waals surface area (Å²) >= 11 is 6.03. The molecule has 0 saturated carbocycles. The average molecular weight is 385 g/mol. The Bertz CT molecular complexity index is 843. The lowest BCUT2D eigenvalue weighted by Crippen LogP contribution is -2.54. The Morgan fingerprint density at radius 3 is 2.85 bits per heavy atom. The lowest BCUT2D eigenvalue weighted by molar-refractivity contribution is -0.314. The maximum Gasteiger partial charge on any atom is 0.246 e. The van der Waals surface area contributed by atoms with Crippen molar-refractivity contribution < 1.29 is 24.1 Å². The van der Waals surface area contributed by atoms with E-state index >= 15 is 0 Å². The van der Waals surface area contributed by atoms with Gasteiger partial charge in [-0.2, -0.15) is 9.97 Å². The number of nitrogens with zero attached hydrogens (tertiary/aromatic N) is 4. The Balaban J connectivity index is 1.81. The van der Waals surface area contributed by atoms with Crippen molar-refractivity contribution in [2.45, 2.75) is 45.0 Å². The van der Waals surface area contributed by atoms with E-state index < -0.39 is 23.5 Å². The van der Waals surface area contributed by atoms with Crippen molar-refractivity contribution >= 4 is 22.8 Å². The number of aliphatic hydroxyl groups excluding tert-OH is 1. The smallest absolute Gasteiger partial charge is 0.246 e. The first-order valence-electron chi connectivity index (χ1n) is 8.31. The van der Waals surface area contributed by atoms with Crippen LogP contribution in [-0.4, -0.2) is 62.9 Å². The van der Waals surface area contributed by atoms with Crippen molar-refractivity contribution in [2.24, 2.45) is 5.41 Å². The van der Waals surface area contributed by atoms with E-state index in [0.717, 1.165) is 0 Å². The van der Waals surface area contributed by atoms with Crippen LogP contribution in [-0.2, 0) is 14.2 Å². The van der Waals surface area contributed by atoms with Gasteiger partial charge < -0.3 is 24.1 Å². The molecule has 0 spiro atoms. The zero-order chi connectivity index (χ0) is 18.7. The van der Waals surface area contributed by atoms with Crippen LogP contribution in [0.4, 0.5) is 0 Å². The number of halogens is 1. The van der Waals surface area contributed by atoms with E-state index in [2.05, 4.69) is 15.0 Å². The number of hydrogen-bond donors (Lipinski definition) is 1. The van der Waals surface area contributed by atoms with Gasteiger partial charge in [0.1, 0.15) is 18.4 Å². The SMILES string of the molecule is COc1nc(Cl)nc2c1ncn2[C@@H]1O[C@H](CO)C2OC(C)(C)OC[C@@]21C. The highest BCUT2D eigenvalue weighted by Crippen LogP contribution is 2.51. The lowest BCUT2D eigenvalue weighted by Gasteiger charge is -2.45. The summed E-state index contributed by atoms with van der Waals surface area (Å²) in [5.41, 5.74) is 0.405. The number of hydrogen-bond acceptors (Lipinski definition) is 8. The molecule has 1 unspecified atom stereocenters. The Labute approximate surface area is 155 Å².